The number of nitro benzene ring substituents is 1. The molecular formula is C17H21N3O5. The zero-order chi connectivity index (χ0) is 17.8. The standard InChI is InChI=1S/C17H21N3O5/c1-24-7-8-25-15-10-13-12(9-14(15)20(22)23)17(21)19-16(18-13)11-5-3-2-4-6-11/h9-11H,2-8H2,1H3,(H,18,19,21). The van der Waals surface area contributed by atoms with Crippen LogP contribution in [0.4, 0.5) is 5.69 Å². The third-order valence-electron chi connectivity index (χ3n) is 4.54. The Hall–Kier alpha value is -2.48. The summed E-state index contributed by atoms with van der Waals surface area (Å²) < 4.78 is 10.4. The van der Waals surface area contributed by atoms with Gasteiger partial charge in [-0.15, -0.1) is 0 Å². The van der Waals surface area contributed by atoms with E-state index in [2.05, 4.69) is 9.97 Å². The molecule has 8 heteroatoms. The molecule has 0 spiro atoms. The molecular weight excluding hydrogens is 326 g/mol. The first kappa shape index (κ1) is 17.3. The lowest BCUT2D eigenvalue weighted by Crippen LogP contribution is -2.17. The average molecular weight is 347 g/mol. The molecule has 2 aromatic rings. The van der Waals surface area contributed by atoms with Gasteiger partial charge in [0.1, 0.15) is 12.4 Å². The van der Waals surface area contributed by atoms with E-state index < -0.39 is 4.92 Å². The van der Waals surface area contributed by atoms with Crippen LogP contribution in [0, 0.1) is 10.1 Å². The lowest BCUT2D eigenvalue weighted by Gasteiger charge is -2.20. The summed E-state index contributed by atoms with van der Waals surface area (Å²) >= 11 is 0. The highest BCUT2D eigenvalue weighted by atomic mass is 16.6. The molecule has 1 aromatic heterocycles. The van der Waals surface area contributed by atoms with Crippen molar-refractivity contribution in [3.05, 3.63) is 38.4 Å². The molecule has 0 aliphatic heterocycles. The molecule has 1 aliphatic rings. The number of H-pyrrole nitrogens is 1. The predicted molar refractivity (Wildman–Crippen MR) is 92.2 cm³/mol. The van der Waals surface area contributed by atoms with Crippen molar-refractivity contribution in [2.75, 3.05) is 20.3 Å². The fraction of sp³-hybridized carbons (Fsp3) is 0.529. The van der Waals surface area contributed by atoms with Gasteiger partial charge in [0.25, 0.3) is 5.56 Å². The number of hydrogen-bond acceptors (Lipinski definition) is 6. The molecule has 1 aliphatic carbocycles. The maximum atomic E-state index is 12.4. The van der Waals surface area contributed by atoms with Gasteiger partial charge in [-0.05, 0) is 12.8 Å². The monoisotopic (exact) mass is 347 g/mol. The topological polar surface area (TPSA) is 107 Å². The number of hydrogen-bond donors (Lipinski definition) is 1. The highest BCUT2D eigenvalue weighted by Gasteiger charge is 2.22. The second kappa shape index (κ2) is 7.60. The number of nitro groups is 1. The quantitative estimate of drug-likeness (QED) is 0.489. The summed E-state index contributed by atoms with van der Waals surface area (Å²) in [5.41, 5.74) is -0.180. The van der Waals surface area contributed by atoms with Crippen molar-refractivity contribution in [3.8, 4) is 5.75 Å². The minimum Gasteiger partial charge on any atom is -0.484 e. The van der Waals surface area contributed by atoms with E-state index in [1.54, 1.807) is 0 Å². The lowest BCUT2D eigenvalue weighted by molar-refractivity contribution is -0.385. The van der Waals surface area contributed by atoms with Gasteiger partial charge in [0.05, 0.1) is 22.4 Å². The third-order valence-corrected chi connectivity index (χ3v) is 4.54. The average Bonchev–Trinajstić information content (AvgIpc) is 2.62. The van der Waals surface area contributed by atoms with Crippen LogP contribution in [0.15, 0.2) is 16.9 Å². The maximum Gasteiger partial charge on any atom is 0.311 e. The Bertz CT molecular complexity index is 827. The normalized spacial score (nSPS) is 15.4. The van der Waals surface area contributed by atoms with E-state index in [1.165, 1.54) is 25.7 Å². The SMILES string of the molecule is COCCOc1cc2nc(C3CCCCC3)[nH]c(=O)c2cc1[N+](=O)[O-]. The molecule has 1 heterocycles. The Balaban J connectivity index is 2.04. The predicted octanol–water partition coefficient (Wildman–Crippen LogP) is 2.90. The molecule has 0 amide bonds. The molecule has 1 aromatic carbocycles. The molecule has 25 heavy (non-hydrogen) atoms. The van der Waals surface area contributed by atoms with Crippen molar-refractivity contribution >= 4 is 16.6 Å². The van der Waals surface area contributed by atoms with Crippen LogP contribution in [0.1, 0.15) is 43.8 Å². The number of benzene rings is 1. The fourth-order valence-corrected chi connectivity index (χ4v) is 3.24. The Labute approximate surface area is 144 Å². The number of nitrogens with zero attached hydrogens (tertiary/aromatic N) is 2. The summed E-state index contributed by atoms with van der Waals surface area (Å²) in [5, 5.41) is 11.5. The van der Waals surface area contributed by atoms with Gasteiger partial charge >= 0.3 is 5.69 Å². The molecule has 0 atom stereocenters. The van der Waals surface area contributed by atoms with Crippen LogP contribution in [-0.2, 0) is 4.74 Å². The minimum atomic E-state index is -0.559. The Morgan fingerprint density at radius 2 is 2.04 bits per heavy atom. The van der Waals surface area contributed by atoms with Crippen LogP contribution in [0.3, 0.4) is 0 Å². The molecule has 3 rings (SSSR count). The van der Waals surface area contributed by atoms with E-state index in [0.29, 0.717) is 17.9 Å². The van der Waals surface area contributed by atoms with Crippen LogP contribution in [0.5, 0.6) is 5.75 Å². The number of aromatic amines is 1. The highest BCUT2D eigenvalue weighted by Crippen LogP contribution is 2.33. The van der Waals surface area contributed by atoms with Gasteiger partial charge in [0.2, 0.25) is 0 Å². The number of rotatable bonds is 6. The van der Waals surface area contributed by atoms with Gasteiger partial charge in [-0.1, -0.05) is 19.3 Å². The number of fused-ring (bicyclic) bond motifs is 1. The molecule has 0 saturated heterocycles. The Kier molecular flexibility index (Phi) is 5.28. The zero-order valence-corrected chi connectivity index (χ0v) is 14.1. The molecule has 0 unspecified atom stereocenters. The molecule has 1 saturated carbocycles. The smallest absolute Gasteiger partial charge is 0.311 e. The summed E-state index contributed by atoms with van der Waals surface area (Å²) in [4.78, 5) is 30.5. The van der Waals surface area contributed by atoms with Gasteiger partial charge in [0.15, 0.2) is 5.75 Å². The fourth-order valence-electron chi connectivity index (χ4n) is 3.24. The van der Waals surface area contributed by atoms with Crippen molar-refractivity contribution in [2.45, 2.75) is 38.0 Å². The molecule has 1 N–H and O–H groups in total. The van der Waals surface area contributed by atoms with Gasteiger partial charge in [-0.2, -0.15) is 0 Å². The third kappa shape index (κ3) is 3.79. The van der Waals surface area contributed by atoms with Gasteiger partial charge in [0, 0.05) is 25.2 Å². The van der Waals surface area contributed by atoms with E-state index in [9.17, 15) is 14.9 Å². The van der Waals surface area contributed by atoms with Crippen molar-refractivity contribution < 1.29 is 14.4 Å². The molecule has 1 fully saturated rings. The van der Waals surface area contributed by atoms with Crippen molar-refractivity contribution in [1.29, 1.82) is 0 Å². The second-order valence-electron chi connectivity index (χ2n) is 6.22. The summed E-state index contributed by atoms with van der Waals surface area (Å²) in [6, 6.07) is 2.71. The Morgan fingerprint density at radius 3 is 2.72 bits per heavy atom. The molecule has 134 valence electrons. The summed E-state index contributed by atoms with van der Waals surface area (Å²) in [6.45, 7) is 0.493. The first-order chi connectivity index (χ1) is 12.1. The van der Waals surface area contributed by atoms with E-state index >= 15 is 0 Å². The Morgan fingerprint density at radius 1 is 1.28 bits per heavy atom. The van der Waals surface area contributed by atoms with Crippen molar-refractivity contribution in [3.63, 3.8) is 0 Å². The molecule has 0 radical (unpaired) electrons. The number of aromatic nitrogens is 2. The number of nitrogens with one attached hydrogen (secondary N) is 1. The number of methoxy groups -OCH3 is 1. The number of ether oxygens (including phenoxy) is 2. The van der Waals surface area contributed by atoms with Crippen LogP contribution < -0.4 is 10.3 Å². The maximum absolute atomic E-state index is 12.4. The second-order valence-corrected chi connectivity index (χ2v) is 6.22. The van der Waals surface area contributed by atoms with Crippen molar-refractivity contribution in [2.24, 2.45) is 0 Å². The van der Waals surface area contributed by atoms with E-state index in [-0.39, 0.29) is 34.9 Å². The van der Waals surface area contributed by atoms with Crippen LogP contribution in [0.25, 0.3) is 10.9 Å². The zero-order valence-electron chi connectivity index (χ0n) is 14.1. The van der Waals surface area contributed by atoms with E-state index in [4.69, 9.17) is 9.47 Å². The summed E-state index contributed by atoms with van der Waals surface area (Å²) in [7, 11) is 1.52. The molecule has 0 bridgehead atoms. The van der Waals surface area contributed by atoms with Crippen LogP contribution >= 0.6 is 0 Å². The molecule has 8 nitrogen and oxygen atoms in total. The minimum absolute atomic E-state index is 0.0993. The van der Waals surface area contributed by atoms with E-state index in [1.807, 2.05) is 0 Å². The van der Waals surface area contributed by atoms with Crippen LogP contribution in [0.2, 0.25) is 0 Å². The summed E-state index contributed by atoms with van der Waals surface area (Å²) in [5.74, 6) is 0.995. The van der Waals surface area contributed by atoms with E-state index in [0.717, 1.165) is 25.7 Å². The first-order valence-electron chi connectivity index (χ1n) is 8.44. The van der Waals surface area contributed by atoms with Gasteiger partial charge < -0.3 is 14.5 Å². The first-order valence-corrected chi connectivity index (χ1v) is 8.44. The van der Waals surface area contributed by atoms with Crippen LogP contribution in [-0.4, -0.2) is 35.2 Å². The van der Waals surface area contributed by atoms with Gasteiger partial charge in [-0.25, -0.2) is 4.98 Å². The summed E-state index contributed by atoms with van der Waals surface area (Å²) in [6.07, 6.45) is 5.45. The highest BCUT2D eigenvalue weighted by molar-refractivity contribution is 5.83. The van der Waals surface area contributed by atoms with Gasteiger partial charge in [-0.3, -0.25) is 14.9 Å². The van der Waals surface area contributed by atoms with Crippen molar-refractivity contribution in [1.82, 2.24) is 9.97 Å². The lowest BCUT2D eigenvalue weighted by atomic mass is 9.88. The largest absolute Gasteiger partial charge is 0.484 e.